The van der Waals surface area contributed by atoms with Crippen LogP contribution in [0.15, 0.2) is 59.5 Å². The zero-order valence-corrected chi connectivity index (χ0v) is 18.7. The number of ether oxygens (including phenoxy) is 1. The van der Waals surface area contributed by atoms with E-state index in [1.807, 2.05) is 49.4 Å². The Balaban J connectivity index is 2.07. The number of hydrogen-bond acceptors (Lipinski definition) is 4. The number of esters is 1. The largest absolute Gasteiger partial charge is 0.612 e. The van der Waals surface area contributed by atoms with Gasteiger partial charge in [-0.15, -0.1) is 0 Å². The van der Waals surface area contributed by atoms with Crippen molar-refractivity contribution in [3.8, 4) is 16.9 Å². The van der Waals surface area contributed by atoms with E-state index in [1.54, 1.807) is 25.3 Å². The molecule has 1 unspecified atom stereocenters. The third-order valence-electron chi connectivity index (χ3n) is 5.06. The Labute approximate surface area is 185 Å². The van der Waals surface area contributed by atoms with Crippen LogP contribution in [0.4, 0.5) is 0 Å². The van der Waals surface area contributed by atoms with Crippen molar-refractivity contribution in [3.63, 3.8) is 0 Å². The molecule has 1 heterocycles. The Hall–Kier alpha value is -3.03. The Kier molecular flexibility index (Phi) is 7.20. The lowest BCUT2D eigenvalue weighted by molar-refractivity contribution is -0.143. The van der Waals surface area contributed by atoms with Crippen LogP contribution in [0, 0.1) is 6.92 Å². The summed E-state index contributed by atoms with van der Waals surface area (Å²) in [7, 11) is 0. The number of carbonyl (C=O) groups excluding carboxylic acids is 2. The molecule has 3 rings (SSSR count). The van der Waals surface area contributed by atoms with Gasteiger partial charge >= 0.3 is 5.97 Å². The van der Waals surface area contributed by atoms with Gasteiger partial charge in [-0.25, -0.2) is 0 Å². The van der Waals surface area contributed by atoms with Gasteiger partial charge < -0.3 is 19.6 Å². The smallest absolute Gasteiger partial charge is 0.306 e. The minimum Gasteiger partial charge on any atom is -0.612 e. The first-order valence-corrected chi connectivity index (χ1v) is 11.6. The van der Waals surface area contributed by atoms with Crippen molar-refractivity contribution in [2.45, 2.75) is 31.6 Å². The van der Waals surface area contributed by atoms with E-state index < -0.39 is 17.1 Å². The maximum Gasteiger partial charge on any atom is 0.306 e. The monoisotopic (exact) mass is 438 g/mol. The Morgan fingerprint density at radius 1 is 1.10 bits per heavy atom. The summed E-state index contributed by atoms with van der Waals surface area (Å²) in [4.78, 5) is 24.2. The Morgan fingerprint density at radius 2 is 1.81 bits per heavy atom. The second-order valence-electron chi connectivity index (χ2n) is 7.19. The molecule has 0 saturated heterocycles. The van der Waals surface area contributed by atoms with Crippen molar-refractivity contribution >= 4 is 23.1 Å². The average Bonchev–Trinajstić information content (AvgIpc) is 3.16. The molecule has 2 aromatic carbocycles. The number of benzene rings is 2. The third-order valence-corrected chi connectivity index (χ3v) is 5.99. The molecular weight excluding hydrogens is 412 g/mol. The van der Waals surface area contributed by atoms with Crippen LogP contribution in [-0.4, -0.2) is 33.9 Å². The maximum absolute atomic E-state index is 11.9. The van der Waals surface area contributed by atoms with Gasteiger partial charge in [0, 0.05) is 16.9 Å². The molecule has 0 saturated carbocycles. The molecule has 6 nitrogen and oxygen atoms in total. The van der Waals surface area contributed by atoms with Crippen LogP contribution in [0.5, 0.6) is 0 Å². The first-order chi connectivity index (χ1) is 14.8. The summed E-state index contributed by atoms with van der Waals surface area (Å²) in [5.74, 6) is -0.722. The quantitative estimate of drug-likeness (QED) is 0.427. The summed E-state index contributed by atoms with van der Waals surface area (Å²) < 4.78 is 18.9. The van der Waals surface area contributed by atoms with Gasteiger partial charge in [0.2, 0.25) is 5.91 Å². The van der Waals surface area contributed by atoms with E-state index >= 15 is 0 Å². The molecule has 0 aliphatic carbocycles. The van der Waals surface area contributed by atoms with E-state index in [4.69, 9.17) is 10.5 Å². The van der Waals surface area contributed by atoms with Crippen molar-refractivity contribution < 1.29 is 18.9 Å². The molecule has 0 spiro atoms. The van der Waals surface area contributed by atoms with Crippen molar-refractivity contribution in [1.29, 1.82) is 0 Å². The van der Waals surface area contributed by atoms with Crippen molar-refractivity contribution in [1.82, 2.24) is 4.57 Å². The Morgan fingerprint density at radius 3 is 2.39 bits per heavy atom. The van der Waals surface area contributed by atoms with Gasteiger partial charge in [-0.2, -0.15) is 0 Å². The van der Waals surface area contributed by atoms with Gasteiger partial charge in [0.1, 0.15) is 6.26 Å². The maximum atomic E-state index is 11.9. The van der Waals surface area contributed by atoms with E-state index in [1.165, 1.54) is 0 Å². The number of rotatable bonds is 8. The molecule has 3 aromatic rings. The minimum absolute atomic E-state index is 0.243. The highest BCUT2D eigenvalue weighted by molar-refractivity contribution is 7.90. The first-order valence-electron chi connectivity index (χ1n) is 10.0. The number of amides is 1. The number of carbonyl (C=O) groups is 2. The van der Waals surface area contributed by atoms with E-state index in [0.717, 1.165) is 33.1 Å². The second kappa shape index (κ2) is 9.85. The summed E-state index contributed by atoms with van der Waals surface area (Å²) >= 11 is -1.05. The van der Waals surface area contributed by atoms with Crippen LogP contribution >= 0.6 is 0 Å². The van der Waals surface area contributed by atoms with Crippen LogP contribution in [0.2, 0.25) is 0 Å². The van der Waals surface area contributed by atoms with E-state index in [9.17, 15) is 14.1 Å². The topological polar surface area (TPSA) is 97.4 Å². The number of hydrogen-bond donors (Lipinski definition) is 1. The molecule has 31 heavy (non-hydrogen) atoms. The first kappa shape index (κ1) is 22.7. The van der Waals surface area contributed by atoms with Crippen molar-refractivity contribution in [2.24, 2.45) is 5.73 Å². The molecule has 0 aliphatic rings. The minimum atomic E-state index is -1.05. The van der Waals surface area contributed by atoms with Gasteiger partial charge in [-0.1, -0.05) is 0 Å². The molecule has 0 aliphatic heterocycles. The van der Waals surface area contributed by atoms with Crippen LogP contribution in [0.1, 0.15) is 35.0 Å². The third kappa shape index (κ3) is 5.18. The molecule has 0 fully saturated rings. The lowest BCUT2D eigenvalue weighted by atomic mass is 10.1. The van der Waals surface area contributed by atoms with Crippen molar-refractivity contribution in [2.75, 3.05) is 12.9 Å². The fourth-order valence-corrected chi connectivity index (χ4v) is 4.04. The average molecular weight is 439 g/mol. The van der Waals surface area contributed by atoms with E-state index in [2.05, 4.69) is 4.57 Å². The number of primary amides is 1. The molecule has 1 atom stereocenters. The number of aromatic nitrogens is 1. The number of nitrogens with zero attached hydrogens (tertiary/aromatic N) is 1. The molecule has 162 valence electrons. The fourth-order valence-electron chi connectivity index (χ4n) is 3.52. The molecule has 7 heteroatoms. The van der Waals surface area contributed by atoms with E-state index in [-0.39, 0.29) is 12.4 Å². The van der Waals surface area contributed by atoms with Gasteiger partial charge in [0.25, 0.3) is 0 Å². The number of aryl methyl sites for hydroxylation is 2. The standard InChI is InChI=1S/C24H26N2O4S/c1-4-30-23(27)14-9-19-8-13-22(17-5-10-20(11-6-17)31(3)29)26(19)21-12-7-18(24(25)28)15-16(21)2/h5-8,10-13,15H,4,9,14H2,1-3H3,(H2,25,28). The highest BCUT2D eigenvalue weighted by Crippen LogP contribution is 2.30. The van der Waals surface area contributed by atoms with Gasteiger partial charge in [-0.3, -0.25) is 9.59 Å². The molecular formula is C24H26N2O4S. The van der Waals surface area contributed by atoms with Crippen LogP contribution in [0.3, 0.4) is 0 Å². The predicted octanol–water partition coefficient (Wildman–Crippen LogP) is 3.78. The molecule has 0 radical (unpaired) electrons. The normalized spacial score (nSPS) is 11.9. The predicted molar refractivity (Wildman–Crippen MR) is 122 cm³/mol. The lowest BCUT2D eigenvalue weighted by Gasteiger charge is -2.17. The van der Waals surface area contributed by atoms with Gasteiger partial charge in [0.05, 0.1) is 18.7 Å². The van der Waals surface area contributed by atoms with Gasteiger partial charge in [-0.05, 0) is 97.2 Å². The summed E-state index contributed by atoms with van der Waals surface area (Å²) in [6.07, 6.45) is 2.42. The van der Waals surface area contributed by atoms with Crippen molar-refractivity contribution in [3.05, 3.63) is 71.4 Å². The molecule has 2 N–H and O–H groups in total. The van der Waals surface area contributed by atoms with E-state index in [0.29, 0.717) is 18.6 Å². The Bertz CT molecular complexity index is 1090. The van der Waals surface area contributed by atoms with Crippen LogP contribution in [0.25, 0.3) is 16.9 Å². The second-order valence-corrected chi connectivity index (χ2v) is 8.57. The SMILES string of the molecule is CCOC(=O)CCc1ccc(-c2ccc([S+](C)[O-])cc2)n1-c1ccc(C(N)=O)cc1C. The zero-order chi connectivity index (χ0) is 22.5. The highest BCUT2D eigenvalue weighted by atomic mass is 32.2. The summed E-state index contributed by atoms with van der Waals surface area (Å²) in [6, 6.07) is 16.9. The fraction of sp³-hybridized carbons (Fsp3) is 0.250. The van der Waals surface area contributed by atoms with Crippen LogP contribution in [-0.2, 0) is 27.1 Å². The molecule has 0 bridgehead atoms. The molecule has 1 amide bonds. The molecule has 1 aromatic heterocycles. The highest BCUT2D eigenvalue weighted by Gasteiger charge is 2.17. The number of nitrogens with two attached hydrogens (primary N) is 1. The lowest BCUT2D eigenvalue weighted by Crippen LogP contribution is -2.12. The zero-order valence-electron chi connectivity index (χ0n) is 17.9. The van der Waals surface area contributed by atoms with Crippen LogP contribution < -0.4 is 5.73 Å². The summed E-state index contributed by atoms with van der Waals surface area (Å²) in [5.41, 5.74) is 10.5. The summed E-state index contributed by atoms with van der Waals surface area (Å²) in [6.45, 7) is 4.06. The van der Waals surface area contributed by atoms with Gasteiger partial charge in [0.15, 0.2) is 4.90 Å². The summed E-state index contributed by atoms with van der Waals surface area (Å²) in [5, 5.41) is 0.